The molecule has 1 amide bonds. The van der Waals surface area contributed by atoms with Gasteiger partial charge in [-0.05, 0) is 38.0 Å². The number of hydrogen-bond acceptors (Lipinski definition) is 1. The van der Waals surface area contributed by atoms with E-state index in [0.29, 0.717) is 6.54 Å². The van der Waals surface area contributed by atoms with Crippen LogP contribution in [0, 0.1) is 5.82 Å². The van der Waals surface area contributed by atoms with Crippen LogP contribution in [0.2, 0.25) is 0 Å². The molecule has 2 aromatic rings. The van der Waals surface area contributed by atoms with Crippen LogP contribution in [0.25, 0.3) is 0 Å². The van der Waals surface area contributed by atoms with E-state index in [0.717, 1.165) is 17.5 Å². The largest absolute Gasteiger partial charge is 0.351 e. The molecule has 0 radical (unpaired) electrons. The zero-order valence-electron chi connectivity index (χ0n) is 14.6. The Bertz CT molecular complexity index is 670. The van der Waals surface area contributed by atoms with Crippen molar-refractivity contribution in [3.63, 3.8) is 0 Å². The van der Waals surface area contributed by atoms with Crippen LogP contribution in [0.5, 0.6) is 0 Å². The molecule has 0 saturated heterocycles. The number of nitrogens with one attached hydrogen (secondary N) is 1. The van der Waals surface area contributed by atoms with Crippen molar-refractivity contribution in [1.29, 1.82) is 0 Å². The molecule has 2 atom stereocenters. The van der Waals surface area contributed by atoms with E-state index in [4.69, 9.17) is 0 Å². The average molecular weight is 329 g/mol. The minimum absolute atomic E-state index is 0.0101. The van der Waals surface area contributed by atoms with Crippen molar-refractivity contribution in [2.24, 2.45) is 0 Å². The highest BCUT2D eigenvalue weighted by Gasteiger charge is 2.24. The quantitative estimate of drug-likeness (QED) is 0.806. The Morgan fingerprint density at radius 1 is 1.12 bits per heavy atom. The summed E-state index contributed by atoms with van der Waals surface area (Å²) in [6.45, 7) is 6.49. The summed E-state index contributed by atoms with van der Waals surface area (Å²) in [7, 11) is 0. The molecule has 24 heavy (non-hydrogen) atoms. The molecule has 0 spiro atoms. The molecule has 2 rings (SSSR count). The smallest absolute Gasteiger partial charge is 0.277 e. The summed E-state index contributed by atoms with van der Waals surface area (Å²) >= 11 is 0. The topological polar surface area (TPSA) is 45.7 Å². The Morgan fingerprint density at radius 3 is 2.42 bits per heavy atom. The second kappa shape index (κ2) is 8.60. The van der Waals surface area contributed by atoms with Crippen LogP contribution in [0.3, 0.4) is 0 Å². The van der Waals surface area contributed by atoms with E-state index in [1.165, 1.54) is 11.6 Å². The molecule has 2 aromatic carbocycles. The highest BCUT2D eigenvalue weighted by Crippen LogP contribution is 2.20. The van der Waals surface area contributed by atoms with E-state index in [2.05, 4.69) is 36.5 Å². The maximum absolute atomic E-state index is 13.7. The van der Waals surface area contributed by atoms with Crippen molar-refractivity contribution in [2.75, 3.05) is 6.54 Å². The van der Waals surface area contributed by atoms with Crippen molar-refractivity contribution in [3.8, 4) is 0 Å². The average Bonchev–Trinajstić information content (AvgIpc) is 2.59. The van der Waals surface area contributed by atoms with Crippen LogP contribution in [0.4, 0.5) is 4.39 Å². The van der Waals surface area contributed by atoms with Crippen molar-refractivity contribution in [3.05, 3.63) is 71.0 Å². The van der Waals surface area contributed by atoms with Gasteiger partial charge in [0.15, 0.2) is 6.04 Å². The molecular weight excluding hydrogens is 303 g/mol. The molecule has 3 nitrogen and oxygen atoms in total. The van der Waals surface area contributed by atoms with Crippen LogP contribution >= 0.6 is 0 Å². The van der Waals surface area contributed by atoms with E-state index in [-0.39, 0.29) is 23.8 Å². The van der Waals surface area contributed by atoms with Gasteiger partial charge < -0.3 is 10.6 Å². The highest BCUT2D eigenvalue weighted by molar-refractivity contribution is 5.79. The maximum Gasteiger partial charge on any atom is 0.277 e. The van der Waals surface area contributed by atoms with Gasteiger partial charge in [-0.15, -0.1) is 0 Å². The summed E-state index contributed by atoms with van der Waals surface area (Å²) in [6, 6.07) is 14.5. The summed E-state index contributed by atoms with van der Waals surface area (Å²) in [5.41, 5.74) is 3.18. The first kappa shape index (κ1) is 18.1. The number of benzene rings is 2. The lowest BCUT2D eigenvalue weighted by Crippen LogP contribution is -2.92. The summed E-state index contributed by atoms with van der Waals surface area (Å²) in [6.07, 6.45) is 0.976. The molecule has 0 fully saturated rings. The summed E-state index contributed by atoms with van der Waals surface area (Å²) in [5.74, 6) is -0.272. The monoisotopic (exact) mass is 329 g/mol. The van der Waals surface area contributed by atoms with Gasteiger partial charge in [0, 0.05) is 17.7 Å². The molecule has 0 aliphatic rings. The lowest BCUT2D eigenvalue weighted by Gasteiger charge is -2.21. The van der Waals surface area contributed by atoms with Gasteiger partial charge in [0.1, 0.15) is 11.9 Å². The van der Waals surface area contributed by atoms with Crippen LogP contribution in [0.1, 0.15) is 43.5 Å². The molecule has 4 heteroatoms. The molecule has 0 bridgehead atoms. The van der Waals surface area contributed by atoms with Crippen molar-refractivity contribution < 1.29 is 14.5 Å². The van der Waals surface area contributed by atoms with Crippen LogP contribution in [-0.4, -0.2) is 18.5 Å². The van der Waals surface area contributed by atoms with Crippen molar-refractivity contribution >= 4 is 5.91 Å². The summed E-state index contributed by atoms with van der Waals surface area (Å²) in [5, 5.41) is 4.83. The molecule has 0 aliphatic heterocycles. The van der Waals surface area contributed by atoms with Crippen LogP contribution in [0.15, 0.2) is 48.5 Å². The molecule has 0 heterocycles. The third-order valence-electron chi connectivity index (χ3n) is 4.20. The minimum Gasteiger partial charge on any atom is -0.351 e. The van der Waals surface area contributed by atoms with Gasteiger partial charge in [-0.25, -0.2) is 4.39 Å². The van der Waals surface area contributed by atoms with E-state index < -0.39 is 0 Å². The fourth-order valence-electron chi connectivity index (χ4n) is 2.79. The summed E-state index contributed by atoms with van der Waals surface area (Å²) < 4.78 is 13.7. The zero-order chi connectivity index (χ0) is 17.5. The number of amides is 1. The Morgan fingerprint density at radius 2 is 1.83 bits per heavy atom. The molecule has 128 valence electrons. The molecule has 0 aromatic heterocycles. The van der Waals surface area contributed by atoms with E-state index in [1.807, 2.05) is 25.2 Å². The first-order chi connectivity index (χ1) is 11.5. The Labute approximate surface area is 143 Å². The third-order valence-corrected chi connectivity index (χ3v) is 4.20. The Balaban J connectivity index is 2.31. The van der Waals surface area contributed by atoms with E-state index in [9.17, 15) is 9.18 Å². The number of carbonyl (C=O) groups excluding carboxylic acids is 1. The fourth-order valence-corrected chi connectivity index (χ4v) is 2.79. The normalized spacial score (nSPS) is 13.3. The van der Waals surface area contributed by atoms with Gasteiger partial charge in [-0.1, -0.05) is 43.3 Å². The molecule has 0 saturated carbocycles. The SMILES string of the molecule is CCNC(=O)[C@@H](C)[NH2+][C@@H](c1ccc(CC)cc1)c1cccc(F)c1. The van der Waals surface area contributed by atoms with Crippen LogP contribution in [-0.2, 0) is 11.2 Å². The number of rotatable bonds is 7. The number of quaternary nitrogens is 1. The van der Waals surface area contributed by atoms with Crippen molar-refractivity contribution in [2.45, 2.75) is 39.3 Å². The predicted molar refractivity (Wildman–Crippen MR) is 94.1 cm³/mol. The number of nitrogens with two attached hydrogens (primary N) is 1. The van der Waals surface area contributed by atoms with E-state index >= 15 is 0 Å². The third kappa shape index (κ3) is 4.65. The van der Waals surface area contributed by atoms with Gasteiger partial charge in [0.25, 0.3) is 5.91 Å². The lowest BCUT2D eigenvalue weighted by atomic mass is 9.96. The van der Waals surface area contributed by atoms with Gasteiger partial charge in [0.2, 0.25) is 0 Å². The van der Waals surface area contributed by atoms with Gasteiger partial charge >= 0.3 is 0 Å². The van der Waals surface area contributed by atoms with Gasteiger partial charge in [-0.2, -0.15) is 0 Å². The maximum atomic E-state index is 13.7. The Hall–Kier alpha value is -2.20. The standard InChI is InChI=1S/C20H25FN2O/c1-4-15-9-11-16(12-10-15)19(17-7-6-8-18(21)13-17)23-14(3)20(24)22-5-2/h6-14,19,23H,4-5H2,1-3H3,(H,22,24)/p+1/t14-,19+/m1/s1. The second-order valence-electron chi connectivity index (χ2n) is 6.00. The second-order valence-corrected chi connectivity index (χ2v) is 6.00. The first-order valence-electron chi connectivity index (χ1n) is 8.52. The van der Waals surface area contributed by atoms with E-state index in [1.54, 1.807) is 12.1 Å². The van der Waals surface area contributed by atoms with Gasteiger partial charge in [-0.3, -0.25) is 4.79 Å². The first-order valence-corrected chi connectivity index (χ1v) is 8.52. The molecule has 0 unspecified atom stereocenters. The number of carbonyl (C=O) groups is 1. The molecule has 0 aliphatic carbocycles. The number of halogens is 1. The van der Waals surface area contributed by atoms with Gasteiger partial charge in [0.05, 0.1) is 0 Å². The summed E-state index contributed by atoms with van der Waals surface area (Å²) in [4.78, 5) is 12.1. The number of hydrogen-bond donors (Lipinski definition) is 2. The predicted octanol–water partition coefficient (Wildman–Crippen LogP) is 2.57. The zero-order valence-corrected chi connectivity index (χ0v) is 14.6. The van der Waals surface area contributed by atoms with Crippen molar-refractivity contribution in [1.82, 2.24) is 5.32 Å². The number of aryl methyl sites for hydroxylation is 1. The van der Waals surface area contributed by atoms with Crippen LogP contribution < -0.4 is 10.6 Å². The fraction of sp³-hybridized carbons (Fsp3) is 0.350. The lowest BCUT2D eigenvalue weighted by molar-refractivity contribution is -0.704. The minimum atomic E-state index is -0.262. The Kier molecular flexibility index (Phi) is 6.50. The highest BCUT2D eigenvalue weighted by atomic mass is 19.1. The number of likely N-dealkylation sites (N-methyl/N-ethyl adjacent to an activating group) is 1. The molecular formula is C20H26FN2O+. The molecule has 3 N–H and O–H groups in total.